The molecule has 1 N–H and O–H groups in total. The number of amides is 1. The number of hydrogen-bond acceptors (Lipinski definition) is 3. The number of piperidine rings is 1. The smallest absolute Gasteiger partial charge is 0.244 e. The van der Waals surface area contributed by atoms with E-state index in [2.05, 4.69) is 10.4 Å². The van der Waals surface area contributed by atoms with Gasteiger partial charge < -0.3 is 10.2 Å². The predicted octanol–water partition coefficient (Wildman–Crippen LogP) is 2.15. The summed E-state index contributed by atoms with van der Waals surface area (Å²) >= 11 is 0. The summed E-state index contributed by atoms with van der Waals surface area (Å²) < 4.78 is 15.9. The van der Waals surface area contributed by atoms with Crippen molar-refractivity contribution in [2.45, 2.75) is 31.2 Å². The Balaban J connectivity index is 1.45. The molecular formula is C19H23FN4O. The van der Waals surface area contributed by atoms with Crippen molar-refractivity contribution in [2.75, 3.05) is 19.6 Å². The van der Waals surface area contributed by atoms with Crippen LogP contribution in [0.3, 0.4) is 0 Å². The van der Waals surface area contributed by atoms with Gasteiger partial charge in [-0.05, 0) is 30.4 Å². The van der Waals surface area contributed by atoms with Crippen LogP contribution in [0.25, 0.3) is 0 Å². The number of aryl methyl sites for hydroxylation is 1. The van der Waals surface area contributed by atoms with Crippen LogP contribution in [0.5, 0.6) is 0 Å². The van der Waals surface area contributed by atoms with Crippen LogP contribution in [0.15, 0.2) is 30.5 Å². The standard InChI is InChI=1S/C19H23FN4O/c1-23-17-6-9-21-18(15(17)12-22-23)19(25)24-10-7-13(8-11-24)14-4-2-3-5-16(14)20/h2-5,12-13,18,21H,6-11H2,1H3. The molecule has 0 saturated carbocycles. The molecule has 1 saturated heterocycles. The molecule has 1 aromatic carbocycles. The van der Waals surface area contributed by atoms with Crippen LogP contribution in [0.2, 0.25) is 0 Å². The summed E-state index contributed by atoms with van der Waals surface area (Å²) in [7, 11) is 1.92. The highest BCUT2D eigenvalue weighted by molar-refractivity contribution is 5.84. The van der Waals surface area contributed by atoms with Gasteiger partial charge >= 0.3 is 0 Å². The Morgan fingerprint density at radius 3 is 2.76 bits per heavy atom. The van der Waals surface area contributed by atoms with Gasteiger partial charge in [-0.2, -0.15) is 5.10 Å². The molecule has 2 aromatic rings. The van der Waals surface area contributed by atoms with E-state index in [-0.39, 0.29) is 23.7 Å². The Labute approximate surface area is 146 Å². The molecule has 0 radical (unpaired) electrons. The fourth-order valence-electron chi connectivity index (χ4n) is 4.09. The quantitative estimate of drug-likeness (QED) is 0.910. The van der Waals surface area contributed by atoms with E-state index in [0.717, 1.165) is 42.6 Å². The Morgan fingerprint density at radius 1 is 1.24 bits per heavy atom. The Kier molecular flexibility index (Phi) is 4.29. The molecule has 2 aliphatic rings. The van der Waals surface area contributed by atoms with Crippen molar-refractivity contribution >= 4 is 5.91 Å². The molecule has 1 unspecified atom stereocenters. The molecule has 1 amide bonds. The molecule has 132 valence electrons. The lowest BCUT2D eigenvalue weighted by Gasteiger charge is -2.35. The van der Waals surface area contributed by atoms with Gasteiger partial charge in [-0.3, -0.25) is 9.48 Å². The van der Waals surface area contributed by atoms with Crippen molar-refractivity contribution in [2.24, 2.45) is 7.05 Å². The number of benzene rings is 1. The first-order valence-electron chi connectivity index (χ1n) is 8.92. The number of hydrogen-bond donors (Lipinski definition) is 1. The maximum atomic E-state index is 14.0. The molecule has 5 nitrogen and oxygen atoms in total. The van der Waals surface area contributed by atoms with Crippen molar-refractivity contribution in [1.82, 2.24) is 20.0 Å². The average molecular weight is 342 g/mol. The van der Waals surface area contributed by atoms with E-state index in [0.29, 0.717) is 13.1 Å². The molecule has 4 rings (SSSR count). The minimum Gasteiger partial charge on any atom is -0.341 e. The SMILES string of the molecule is Cn1ncc2c1CCNC2C(=O)N1CCC(c2ccccc2F)CC1. The van der Waals surface area contributed by atoms with Crippen molar-refractivity contribution in [3.63, 3.8) is 0 Å². The third kappa shape index (κ3) is 2.95. The van der Waals surface area contributed by atoms with Crippen LogP contribution < -0.4 is 5.32 Å². The number of rotatable bonds is 2. The van der Waals surface area contributed by atoms with Gasteiger partial charge in [0.25, 0.3) is 0 Å². The van der Waals surface area contributed by atoms with E-state index in [9.17, 15) is 9.18 Å². The second-order valence-electron chi connectivity index (χ2n) is 6.93. The van der Waals surface area contributed by atoms with Crippen LogP contribution in [-0.2, 0) is 18.3 Å². The number of fused-ring (bicyclic) bond motifs is 1. The molecular weight excluding hydrogens is 319 g/mol. The Morgan fingerprint density at radius 2 is 2.00 bits per heavy atom. The van der Waals surface area contributed by atoms with E-state index >= 15 is 0 Å². The van der Waals surface area contributed by atoms with Gasteiger partial charge in [-0.1, -0.05) is 18.2 Å². The fraction of sp³-hybridized carbons (Fsp3) is 0.474. The van der Waals surface area contributed by atoms with Gasteiger partial charge in [-0.25, -0.2) is 4.39 Å². The van der Waals surface area contributed by atoms with Gasteiger partial charge in [0, 0.05) is 44.4 Å². The molecule has 1 fully saturated rings. The second kappa shape index (κ2) is 6.59. The molecule has 2 aliphatic heterocycles. The summed E-state index contributed by atoms with van der Waals surface area (Å²) in [5.74, 6) is 0.167. The van der Waals surface area contributed by atoms with Crippen molar-refractivity contribution in [3.8, 4) is 0 Å². The van der Waals surface area contributed by atoms with Crippen LogP contribution in [0.1, 0.15) is 41.6 Å². The average Bonchev–Trinajstić information content (AvgIpc) is 3.03. The van der Waals surface area contributed by atoms with Gasteiger partial charge in [-0.15, -0.1) is 0 Å². The first kappa shape index (κ1) is 16.3. The second-order valence-corrected chi connectivity index (χ2v) is 6.93. The van der Waals surface area contributed by atoms with E-state index in [1.807, 2.05) is 28.8 Å². The highest BCUT2D eigenvalue weighted by Crippen LogP contribution is 2.31. The highest BCUT2D eigenvalue weighted by Gasteiger charge is 2.34. The van der Waals surface area contributed by atoms with E-state index in [4.69, 9.17) is 0 Å². The topological polar surface area (TPSA) is 50.2 Å². The van der Waals surface area contributed by atoms with Crippen LogP contribution in [-0.4, -0.2) is 40.2 Å². The Hall–Kier alpha value is -2.21. The van der Waals surface area contributed by atoms with Crippen LogP contribution in [0, 0.1) is 5.82 Å². The summed E-state index contributed by atoms with van der Waals surface area (Å²) in [5.41, 5.74) is 2.91. The number of aromatic nitrogens is 2. The van der Waals surface area contributed by atoms with Gasteiger partial charge in [0.15, 0.2) is 0 Å². The van der Waals surface area contributed by atoms with E-state index in [1.165, 1.54) is 6.07 Å². The zero-order chi connectivity index (χ0) is 17.4. The normalized spacial score (nSPS) is 21.2. The summed E-state index contributed by atoms with van der Waals surface area (Å²) in [6.45, 7) is 2.13. The molecule has 25 heavy (non-hydrogen) atoms. The first-order valence-corrected chi connectivity index (χ1v) is 8.92. The minimum absolute atomic E-state index is 0.112. The zero-order valence-electron chi connectivity index (χ0n) is 14.4. The van der Waals surface area contributed by atoms with Crippen LogP contribution >= 0.6 is 0 Å². The summed E-state index contributed by atoms with van der Waals surface area (Å²) in [4.78, 5) is 14.9. The third-order valence-corrected chi connectivity index (χ3v) is 5.51. The number of halogens is 1. The molecule has 0 aliphatic carbocycles. The van der Waals surface area contributed by atoms with E-state index < -0.39 is 0 Å². The monoisotopic (exact) mass is 342 g/mol. The van der Waals surface area contributed by atoms with Crippen LogP contribution in [0.4, 0.5) is 4.39 Å². The Bertz CT molecular complexity index is 779. The first-order chi connectivity index (χ1) is 12.1. The fourth-order valence-corrected chi connectivity index (χ4v) is 4.09. The number of likely N-dealkylation sites (tertiary alicyclic amines) is 1. The van der Waals surface area contributed by atoms with E-state index in [1.54, 1.807) is 12.3 Å². The molecule has 3 heterocycles. The lowest BCUT2D eigenvalue weighted by atomic mass is 9.88. The van der Waals surface area contributed by atoms with Gasteiger partial charge in [0.2, 0.25) is 5.91 Å². The number of carbonyl (C=O) groups is 1. The molecule has 0 bridgehead atoms. The lowest BCUT2D eigenvalue weighted by molar-refractivity contribution is -0.134. The largest absolute Gasteiger partial charge is 0.341 e. The van der Waals surface area contributed by atoms with Crippen molar-refractivity contribution < 1.29 is 9.18 Å². The summed E-state index contributed by atoms with van der Waals surface area (Å²) in [6, 6.07) is 6.68. The molecule has 0 spiro atoms. The zero-order valence-corrected chi connectivity index (χ0v) is 14.4. The van der Waals surface area contributed by atoms with Crippen molar-refractivity contribution in [3.05, 3.63) is 53.1 Å². The van der Waals surface area contributed by atoms with Gasteiger partial charge in [0.1, 0.15) is 11.9 Å². The molecule has 6 heteroatoms. The molecule has 1 aromatic heterocycles. The third-order valence-electron chi connectivity index (χ3n) is 5.51. The number of carbonyl (C=O) groups excluding carboxylic acids is 1. The number of nitrogens with one attached hydrogen (secondary N) is 1. The van der Waals surface area contributed by atoms with Crippen molar-refractivity contribution in [1.29, 1.82) is 0 Å². The maximum absolute atomic E-state index is 14.0. The minimum atomic E-state index is -0.303. The van der Waals surface area contributed by atoms with Gasteiger partial charge in [0.05, 0.1) is 6.20 Å². The number of nitrogens with zero attached hydrogens (tertiary/aromatic N) is 3. The highest BCUT2D eigenvalue weighted by atomic mass is 19.1. The summed E-state index contributed by atoms with van der Waals surface area (Å²) in [6.07, 6.45) is 4.31. The summed E-state index contributed by atoms with van der Waals surface area (Å²) in [5, 5.41) is 7.63. The lowest BCUT2D eigenvalue weighted by Crippen LogP contribution is -2.46. The molecule has 1 atom stereocenters. The predicted molar refractivity (Wildman–Crippen MR) is 92.6 cm³/mol. The maximum Gasteiger partial charge on any atom is 0.244 e.